The number of anilines is 2. The van der Waals surface area contributed by atoms with Crippen LogP contribution in [0.25, 0.3) is 0 Å². The van der Waals surface area contributed by atoms with Crippen LogP contribution in [0.4, 0.5) is 11.9 Å². The predicted molar refractivity (Wildman–Crippen MR) is 76.9 cm³/mol. The molecule has 0 radical (unpaired) electrons. The van der Waals surface area contributed by atoms with E-state index in [1.54, 1.807) is 14.0 Å². The van der Waals surface area contributed by atoms with Crippen LogP contribution in [-0.2, 0) is 4.79 Å². The number of likely N-dealkylation sites (N-methyl/N-ethyl adjacent to an activating group) is 1. The summed E-state index contributed by atoms with van der Waals surface area (Å²) in [6.07, 6.45) is 0.861. The lowest BCUT2D eigenvalue weighted by Gasteiger charge is -2.13. The number of carbonyl (C=O) groups excluding carboxylic acids is 1. The molecule has 8 nitrogen and oxygen atoms in total. The number of amides is 1. The topological polar surface area (TPSA) is 101 Å². The predicted octanol–water partition coefficient (Wildman–Crippen LogP) is 0.639. The lowest BCUT2D eigenvalue weighted by Crippen LogP contribution is -2.35. The van der Waals surface area contributed by atoms with Gasteiger partial charge in [0.2, 0.25) is 17.8 Å². The van der Waals surface area contributed by atoms with Crippen molar-refractivity contribution in [3.63, 3.8) is 0 Å². The summed E-state index contributed by atoms with van der Waals surface area (Å²) in [6.45, 7) is 6.87. The van der Waals surface area contributed by atoms with Crippen LogP contribution in [0.5, 0.6) is 6.01 Å². The molecule has 1 amide bonds. The number of aromatic nitrogens is 3. The van der Waals surface area contributed by atoms with Crippen LogP contribution in [0.2, 0.25) is 0 Å². The lowest BCUT2D eigenvalue weighted by atomic mass is 10.3. The Morgan fingerprint density at radius 1 is 1.25 bits per heavy atom. The molecule has 0 saturated carbocycles. The Bertz CT molecular complexity index is 440. The maximum atomic E-state index is 11.5. The standard InChI is InChI=1S/C12H22N6O2/c1-5-7-20-12-17-10(14-6-2)16-11(18-12)15-8(3)9(19)13-4/h8H,5-7H2,1-4H3,(H,13,19)(H2,14,15,16,17,18). The minimum absolute atomic E-state index is 0.147. The molecule has 1 atom stereocenters. The number of carbonyl (C=O) groups is 1. The molecule has 3 N–H and O–H groups in total. The van der Waals surface area contributed by atoms with Crippen molar-refractivity contribution in [2.75, 3.05) is 30.8 Å². The molecule has 0 aromatic carbocycles. The summed E-state index contributed by atoms with van der Waals surface area (Å²) in [5.74, 6) is 0.574. The fourth-order valence-corrected chi connectivity index (χ4v) is 1.39. The Kier molecular flexibility index (Phi) is 6.48. The molecule has 1 rings (SSSR count). The smallest absolute Gasteiger partial charge is 0.323 e. The van der Waals surface area contributed by atoms with Crippen molar-refractivity contribution < 1.29 is 9.53 Å². The Hall–Kier alpha value is -2.12. The largest absolute Gasteiger partial charge is 0.463 e. The highest BCUT2D eigenvalue weighted by Crippen LogP contribution is 2.12. The molecule has 1 aromatic rings. The number of nitrogens with zero attached hydrogens (tertiary/aromatic N) is 3. The highest BCUT2D eigenvalue weighted by Gasteiger charge is 2.14. The normalized spacial score (nSPS) is 11.6. The summed E-state index contributed by atoms with van der Waals surface area (Å²) in [5, 5.41) is 8.47. The molecule has 0 aliphatic heterocycles. The number of ether oxygens (including phenoxy) is 1. The molecular weight excluding hydrogens is 260 g/mol. The summed E-state index contributed by atoms with van der Waals surface area (Å²) in [5.41, 5.74) is 0. The highest BCUT2D eigenvalue weighted by atomic mass is 16.5. The third-order valence-corrected chi connectivity index (χ3v) is 2.37. The molecule has 0 aliphatic rings. The van der Waals surface area contributed by atoms with Crippen molar-refractivity contribution in [3.8, 4) is 6.01 Å². The van der Waals surface area contributed by atoms with Crippen molar-refractivity contribution in [3.05, 3.63) is 0 Å². The van der Waals surface area contributed by atoms with E-state index in [-0.39, 0.29) is 11.9 Å². The van der Waals surface area contributed by atoms with Gasteiger partial charge in [0.1, 0.15) is 6.04 Å². The second-order valence-corrected chi connectivity index (χ2v) is 4.12. The zero-order valence-electron chi connectivity index (χ0n) is 12.4. The van der Waals surface area contributed by atoms with Crippen molar-refractivity contribution in [1.82, 2.24) is 20.3 Å². The van der Waals surface area contributed by atoms with Crippen LogP contribution in [-0.4, -0.2) is 47.1 Å². The zero-order chi connectivity index (χ0) is 15.0. The molecule has 0 spiro atoms. The van der Waals surface area contributed by atoms with Crippen LogP contribution in [0.3, 0.4) is 0 Å². The van der Waals surface area contributed by atoms with Crippen molar-refractivity contribution in [1.29, 1.82) is 0 Å². The van der Waals surface area contributed by atoms with Crippen LogP contribution < -0.4 is 20.7 Å². The molecular formula is C12H22N6O2. The van der Waals surface area contributed by atoms with Crippen LogP contribution in [0.15, 0.2) is 0 Å². The molecule has 0 fully saturated rings. The van der Waals surface area contributed by atoms with Gasteiger partial charge in [0, 0.05) is 13.6 Å². The van der Waals surface area contributed by atoms with E-state index in [4.69, 9.17) is 4.74 Å². The summed E-state index contributed by atoms with van der Waals surface area (Å²) in [4.78, 5) is 23.9. The quantitative estimate of drug-likeness (QED) is 0.643. The molecule has 20 heavy (non-hydrogen) atoms. The van der Waals surface area contributed by atoms with E-state index < -0.39 is 6.04 Å². The Morgan fingerprint density at radius 2 is 1.95 bits per heavy atom. The first-order valence-electron chi connectivity index (χ1n) is 6.71. The Morgan fingerprint density at radius 3 is 2.55 bits per heavy atom. The van der Waals surface area contributed by atoms with Gasteiger partial charge in [-0.25, -0.2) is 0 Å². The summed E-state index contributed by atoms with van der Waals surface area (Å²) in [6, 6.07) is -0.208. The molecule has 0 aliphatic carbocycles. The molecule has 1 heterocycles. The first kappa shape index (κ1) is 15.9. The first-order chi connectivity index (χ1) is 9.60. The second kappa shape index (κ2) is 8.13. The third-order valence-electron chi connectivity index (χ3n) is 2.37. The van der Waals surface area contributed by atoms with Crippen molar-refractivity contribution in [2.24, 2.45) is 0 Å². The van der Waals surface area contributed by atoms with E-state index in [1.807, 2.05) is 13.8 Å². The van der Waals surface area contributed by atoms with Gasteiger partial charge in [-0.1, -0.05) is 6.92 Å². The lowest BCUT2D eigenvalue weighted by molar-refractivity contribution is -0.121. The fraction of sp³-hybridized carbons (Fsp3) is 0.667. The maximum Gasteiger partial charge on any atom is 0.323 e. The molecule has 1 aromatic heterocycles. The maximum absolute atomic E-state index is 11.5. The summed E-state index contributed by atoms with van der Waals surface area (Å²) in [7, 11) is 1.58. The van der Waals surface area contributed by atoms with Gasteiger partial charge in [-0.2, -0.15) is 15.0 Å². The van der Waals surface area contributed by atoms with Gasteiger partial charge in [0.25, 0.3) is 0 Å². The minimum Gasteiger partial charge on any atom is -0.463 e. The van der Waals surface area contributed by atoms with E-state index in [2.05, 4.69) is 30.9 Å². The Balaban J connectivity index is 2.87. The van der Waals surface area contributed by atoms with Gasteiger partial charge >= 0.3 is 6.01 Å². The van der Waals surface area contributed by atoms with E-state index in [9.17, 15) is 4.79 Å². The van der Waals surface area contributed by atoms with Crippen molar-refractivity contribution >= 4 is 17.8 Å². The molecule has 112 valence electrons. The minimum atomic E-state index is -0.448. The van der Waals surface area contributed by atoms with Crippen LogP contribution in [0, 0.1) is 0 Å². The Labute approximate surface area is 118 Å². The molecule has 8 heteroatoms. The van der Waals surface area contributed by atoms with Crippen LogP contribution in [0.1, 0.15) is 27.2 Å². The summed E-state index contributed by atoms with van der Waals surface area (Å²) >= 11 is 0. The first-order valence-corrected chi connectivity index (χ1v) is 6.71. The van der Waals surface area contributed by atoms with E-state index in [0.717, 1.165) is 6.42 Å². The molecule has 0 bridgehead atoms. The van der Waals surface area contributed by atoms with Gasteiger partial charge in [-0.3, -0.25) is 4.79 Å². The fourth-order valence-electron chi connectivity index (χ4n) is 1.39. The average molecular weight is 282 g/mol. The van der Waals surface area contributed by atoms with Gasteiger partial charge in [-0.15, -0.1) is 0 Å². The third kappa shape index (κ3) is 4.87. The number of nitrogens with one attached hydrogen (secondary N) is 3. The number of hydrogen-bond acceptors (Lipinski definition) is 7. The molecule has 0 saturated heterocycles. The van der Waals surface area contributed by atoms with Gasteiger partial charge in [0.05, 0.1) is 6.61 Å². The average Bonchev–Trinajstić information content (AvgIpc) is 2.44. The highest BCUT2D eigenvalue weighted by molar-refractivity contribution is 5.83. The van der Waals surface area contributed by atoms with E-state index in [1.165, 1.54) is 0 Å². The number of rotatable bonds is 8. The SMILES string of the molecule is CCCOc1nc(NCC)nc(NC(C)C(=O)NC)n1. The van der Waals surface area contributed by atoms with E-state index >= 15 is 0 Å². The van der Waals surface area contributed by atoms with Crippen molar-refractivity contribution in [2.45, 2.75) is 33.2 Å². The second-order valence-electron chi connectivity index (χ2n) is 4.12. The van der Waals surface area contributed by atoms with E-state index in [0.29, 0.717) is 25.0 Å². The van der Waals surface area contributed by atoms with Gasteiger partial charge < -0.3 is 20.7 Å². The molecule has 1 unspecified atom stereocenters. The van der Waals surface area contributed by atoms with Gasteiger partial charge in [0.15, 0.2) is 0 Å². The zero-order valence-corrected chi connectivity index (χ0v) is 12.4. The van der Waals surface area contributed by atoms with Crippen LogP contribution >= 0.6 is 0 Å². The number of hydrogen-bond donors (Lipinski definition) is 3. The van der Waals surface area contributed by atoms with Gasteiger partial charge in [-0.05, 0) is 20.3 Å². The monoisotopic (exact) mass is 282 g/mol. The summed E-state index contributed by atoms with van der Waals surface area (Å²) < 4.78 is 5.41.